The van der Waals surface area contributed by atoms with Crippen molar-refractivity contribution in [1.29, 1.82) is 0 Å². The molecule has 3 heteroatoms. The number of benzene rings is 2. The Morgan fingerprint density at radius 1 is 1.00 bits per heavy atom. The topological polar surface area (TPSA) is 17.1 Å². The molecule has 0 fully saturated rings. The zero-order valence-electron chi connectivity index (χ0n) is 9.39. The summed E-state index contributed by atoms with van der Waals surface area (Å²) in [6.45, 7) is 0. The van der Waals surface area contributed by atoms with Crippen molar-refractivity contribution >= 4 is 39.3 Å². The van der Waals surface area contributed by atoms with E-state index in [0.717, 1.165) is 17.4 Å². The van der Waals surface area contributed by atoms with Gasteiger partial charge in [0.15, 0.2) is 6.29 Å². The third-order valence-electron chi connectivity index (χ3n) is 2.93. The molecule has 0 amide bonds. The maximum atomic E-state index is 10.9. The van der Waals surface area contributed by atoms with E-state index in [0.29, 0.717) is 10.6 Å². The molecule has 18 heavy (non-hydrogen) atoms. The van der Waals surface area contributed by atoms with Crippen LogP contribution in [0.3, 0.4) is 0 Å². The van der Waals surface area contributed by atoms with E-state index in [4.69, 9.17) is 11.6 Å². The van der Waals surface area contributed by atoms with Crippen molar-refractivity contribution in [3.63, 3.8) is 0 Å². The first kappa shape index (κ1) is 11.5. The second-order valence-electron chi connectivity index (χ2n) is 3.97. The van der Waals surface area contributed by atoms with Gasteiger partial charge in [-0.1, -0.05) is 48.0 Å². The van der Waals surface area contributed by atoms with Crippen molar-refractivity contribution in [2.75, 3.05) is 0 Å². The highest BCUT2D eigenvalue weighted by atomic mass is 35.5. The van der Waals surface area contributed by atoms with Crippen LogP contribution in [0.2, 0.25) is 5.02 Å². The molecule has 0 unspecified atom stereocenters. The van der Waals surface area contributed by atoms with Crippen LogP contribution in [0, 0.1) is 0 Å². The van der Waals surface area contributed by atoms with E-state index >= 15 is 0 Å². The number of rotatable bonds is 2. The zero-order chi connectivity index (χ0) is 12.5. The lowest BCUT2D eigenvalue weighted by Gasteiger charge is -2.05. The molecule has 0 bridgehead atoms. The summed E-state index contributed by atoms with van der Waals surface area (Å²) in [5.41, 5.74) is 2.53. The van der Waals surface area contributed by atoms with Gasteiger partial charge >= 0.3 is 0 Å². The van der Waals surface area contributed by atoms with Gasteiger partial charge in [-0.15, -0.1) is 11.3 Å². The Balaban J connectivity index is 2.30. The molecule has 0 aliphatic carbocycles. The smallest absolute Gasteiger partial charge is 0.151 e. The fraction of sp³-hybridized carbons (Fsp3) is 0. The van der Waals surface area contributed by atoms with Gasteiger partial charge in [-0.2, -0.15) is 0 Å². The number of carbonyl (C=O) groups excluding carboxylic acids is 1. The first-order chi connectivity index (χ1) is 8.81. The monoisotopic (exact) mass is 272 g/mol. The Kier molecular flexibility index (Phi) is 2.90. The van der Waals surface area contributed by atoms with Crippen LogP contribution in [0.25, 0.3) is 21.2 Å². The lowest BCUT2D eigenvalue weighted by Crippen LogP contribution is -1.85. The van der Waals surface area contributed by atoms with Crippen LogP contribution in [-0.4, -0.2) is 6.29 Å². The quantitative estimate of drug-likeness (QED) is 0.598. The highest BCUT2D eigenvalue weighted by molar-refractivity contribution is 7.17. The number of halogens is 1. The molecule has 0 spiro atoms. The molecule has 0 saturated heterocycles. The third kappa shape index (κ3) is 1.74. The van der Waals surface area contributed by atoms with Crippen molar-refractivity contribution in [2.45, 2.75) is 0 Å². The van der Waals surface area contributed by atoms with Crippen LogP contribution in [0.4, 0.5) is 0 Å². The SMILES string of the molecule is O=Cc1cccc(-c2csc3ccccc23)c1Cl. The second-order valence-corrected chi connectivity index (χ2v) is 5.26. The molecule has 0 aliphatic rings. The Labute approximate surface area is 114 Å². The number of hydrogen-bond acceptors (Lipinski definition) is 2. The molecule has 0 N–H and O–H groups in total. The number of carbonyl (C=O) groups is 1. The Morgan fingerprint density at radius 2 is 1.83 bits per heavy atom. The number of fused-ring (bicyclic) bond motifs is 1. The van der Waals surface area contributed by atoms with Crippen molar-refractivity contribution in [3.05, 3.63) is 58.4 Å². The summed E-state index contributed by atoms with van der Waals surface area (Å²) in [5.74, 6) is 0. The maximum Gasteiger partial charge on any atom is 0.151 e. The van der Waals surface area contributed by atoms with Gasteiger partial charge in [0.05, 0.1) is 5.02 Å². The van der Waals surface area contributed by atoms with Crippen molar-refractivity contribution in [3.8, 4) is 11.1 Å². The third-order valence-corrected chi connectivity index (χ3v) is 4.31. The van der Waals surface area contributed by atoms with E-state index in [9.17, 15) is 4.79 Å². The first-order valence-corrected chi connectivity index (χ1v) is 6.77. The van der Waals surface area contributed by atoms with Gasteiger partial charge in [-0.25, -0.2) is 0 Å². The highest BCUT2D eigenvalue weighted by Crippen LogP contribution is 2.38. The van der Waals surface area contributed by atoms with Crippen LogP contribution in [0.15, 0.2) is 47.8 Å². The summed E-state index contributed by atoms with van der Waals surface area (Å²) < 4.78 is 1.22. The molecule has 2 aromatic carbocycles. The summed E-state index contributed by atoms with van der Waals surface area (Å²) in [6.07, 6.45) is 0.792. The Bertz CT molecular complexity index is 730. The minimum Gasteiger partial charge on any atom is -0.298 e. The van der Waals surface area contributed by atoms with Crippen LogP contribution in [0.1, 0.15) is 10.4 Å². The van der Waals surface area contributed by atoms with E-state index in [2.05, 4.69) is 17.5 Å². The normalized spacial score (nSPS) is 10.7. The predicted octanol–water partition coefficient (Wildman–Crippen LogP) is 5.03. The summed E-state index contributed by atoms with van der Waals surface area (Å²) in [5, 5.41) is 3.78. The summed E-state index contributed by atoms with van der Waals surface area (Å²) in [7, 11) is 0. The highest BCUT2D eigenvalue weighted by Gasteiger charge is 2.11. The molecule has 0 radical (unpaired) electrons. The van der Waals surface area contributed by atoms with Gasteiger partial charge in [-0.05, 0) is 11.4 Å². The lowest BCUT2D eigenvalue weighted by molar-refractivity contribution is 0.112. The number of aldehydes is 1. The van der Waals surface area contributed by atoms with Crippen LogP contribution in [0.5, 0.6) is 0 Å². The lowest BCUT2D eigenvalue weighted by atomic mass is 10.0. The average Bonchev–Trinajstić information content (AvgIpc) is 2.83. The molecule has 1 heterocycles. The van der Waals surface area contributed by atoms with Crippen molar-refractivity contribution in [2.24, 2.45) is 0 Å². The van der Waals surface area contributed by atoms with E-state index in [1.807, 2.05) is 24.3 Å². The van der Waals surface area contributed by atoms with E-state index in [1.54, 1.807) is 17.4 Å². The van der Waals surface area contributed by atoms with Crippen molar-refractivity contribution in [1.82, 2.24) is 0 Å². The van der Waals surface area contributed by atoms with Crippen LogP contribution >= 0.6 is 22.9 Å². The molecule has 0 saturated carbocycles. The molecule has 1 aromatic heterocycles. The number of thiophene rings is 1. The fourth-order valence-corrected chi connectivity index (χ4v) is 3.27. The van der Waals surface area contributed by atoms with E-state index < -0.39 is 0 Å². The van der Waals surface area contributed by atoms with E-state index in [-0.39, 0.29) is 0 Å². The van der Waals surface area contributed by atoms with Crippen molar-refractivity contribution < 1.29 is 4.79 Å². The molecule has 3 aromatic rings. The summed E-state index contributed by atoms with van der Waals surface area (Å²) >= 11 is 7.96. The van der Waals surface area contributed by atoms with Crippen LogP contribution < -0.4 is 0 Å². The van der Waals surface area contributed by atoms with Crippen LogP contribution in [-0.2, 0) is 0 Å². The minimum absolute atomic E-state index is 0.524. The molecule has 88 valence electrons. The van der Waals surface area contributed by atoms with Gasteiger partial charge in [-0.3, -0.25) is 4.79 Å². The molecule has 1 nitrogen and oxygen atoms in total. The summed E-state index contributed by atoms with van der Waals surface area (Å²) in [4.78, 5) is 10.9. The molecule has 0 aliphatic heterocycles. The zero-order valence-corrected chi connectivity index (χ0v) is 11.0. The molecular formula is C15H9ClOS. The molecular weight excluding hydrogens is 264 g/mol. The minimum atomic E-state index is 0.524. The van der Waals surface area contributed by atoms with E-state index in [1.165, 1.54) is 10.1 Å². The summed E-state index contributed by atoms with van der Waals surface area (Å²) in [6, 6.07) is 13.7. The standard InChI is InChI=1S/C15H9ClOS/c16-15-10(8-17)4-3-6-12(15)13-9-18-14-7-2-1-5-11(13)14/h1-9H. The molecule has 0 atom stereocenters. The first-order valence-electron chi connectivity index (χ1n) is 5.51. The van der Waals surface area contributed by atoms with Gasteiger partial charge < -0.3 is 0 Å². The van der Waals surface area contributed by atoms with Gasteiger partial charge in [0.25, 0.3) is 0 Å². The second kappa shape index (κ2) is 4.56. The van der Waals surface area contributed by atoms with Gasteiger partial charge in [0.2, 0.25) is 0 Å². The van der Waals surface area contributed by atoms with Gasteiger partial charge in [0.1, 0.15) is 0 Å². The average molecular weight is 273 g/mol. The largest absolute Gasteiger partial charge is 0.298 e. The van der Waals surface area contributed by atoms with Gasteiger partial charge in [0, 0.05) is 26.8 Å². The fourth-order valence-electron chi connectivity index (χ4n) is 2.04. The number of hydrogen-bond donors (Lipinski definition) is 0. The Hall–Kier alpha value is -1.64. The predicted molar refractivity (Wildman–Crippen MR) is 77.7 cm³/mol. The Morgan fingerprint density at radius 3 is 2.67 bits per heavy atom. The maximum absolute atomic E-state index is 10.9. The molecule has 3 rings (SSSR count).